The third kappa shape index (κ3) is 4.35. The van der Waals surface area contributed by atoms with Crippen molar-refractivity contribution in [1.29, 1.82) is 0 Å². The summed E-state index contributed by atoms with van der Waals surface area (Å²) in [6, 6.07) is 5.16. The predicted octanol–water partition coefficient (Wildman–Crippen LogP) is 0.211. The number of carbonyl (C=O) groups is 2. The Bertz CT molecular complexity index is 444. The summed E-state index contributed by atoms with van der Waals surface area (Å²) in [6.07, 6.45) is 0. The van der Waals surface area contributed by atoms with Crippen molar-refractivity contribution in [3.8, 4) is 0 Å². The van der Waals surface area contributed by atoms with Crippen molar-refractivity contribution in [2.75, 3.05) is 13.7 Å². The number of carbonyl (C=O) groups excluding carboxylic acids is 1. The summed E-state index contributed by atoms with van der Waals surface area (Å²) in [7, 11) is 1.36. The second-order valence-electron chi connectivity index (χ2n) is 4.24. The third-order valence-corrected chi connectivity index (χ3v) is 2.67. The number of methoxy groups -OCH3 is 1. The van der Waals surface area contributed by atoms with Gasteiger partial charge in [0.25, 0.3) is 0 Å². The van der Waals surface area contributed by atoms with E-state index in [1.165, 1.54) is 7.11 Å². The van der Waals surface area contributed by atoms with Gasteiger partial charge >= 0.3 is 5.97 Å². The topological polar surface area (TPSA) is 102 Å². The van der Waals surface area contributed by atoms with Gasteiger partial charge < -0.3 is 20.9 Å². The number of rotatable bonds is 6. The van der Waals surface area contributed by atoms with Crippen LogP contribution in [0.25, 0.3) is 0 Å². The lowest BCUT2D eigenvalue weighted by Gasteiger charge is -2.17. The first-order chi connectivity index (χ1) is 8.95. The Morgan fingerprint density at radius 1 is 1.37 bits per heavy atom. The molecule has 104 valence electrons. The van der Waals surface area contributed by atoms with Crippen LogP contribution in [0.5, 0.6) is 0 Å². The predicted molar refractivity (Wildman–Crippen MR) is 69.5 cm³/mol. The smallest absolute Gasteiger partial charge is 0.328 e. The Kier molecular flexibility index (Phi) is 5.47. The van der Waals surface area contributed by atoms with E-state index in [1.54, 1.807) is 12.1 Å². The van der Waals surface area contributed by atoms with Gasteiger partial charge in [0, 0.05) is 7.11 Å². The van der Waals surface area contributed by atoms with Gasteiger partial charge in [0.1, 0.15) is 6.04 Å². The molecule has 0 heterocycles. The summed E-state index contributed by atoms with van der Waals surface area (Å²) in [5.41, 5.74) is 7.47. The zero-order valence-corrected chi connectivity index (χ0v) is 10.9. The molecule has 1 aromatic rings. The fraction of sp³-hybridized carbons (Fsp3) is 0.385. The van der Waals surface area contributed by atoms with Gasteiger partial charge in [-0.05, 0) is 12.5 Å². The molecule has 0 saturated heterocycles. The molecule has 0 saturated carbocycles. The summed E-state index contributed by atoms with van der Waals surface area (Å²) in [4.78, 5) is 22.8. The van der Waals surface area contributed by atoms with E-state index in [0.29, 0.717) is 5.56 Å². The maximum atomic E-state index is 11.9. The molecule has 0 aliphatic carbocycles. The molecule has 0 bridgehead atoms. The van der Waals surface area contributed by atoms with Crippen LogP contribution in [0, 0.1) is 6.92 Å². The number of nitrogens with one attached hydrogen (secondary N) is 1. The quantitative estimate of drug-likeness (QED) is 0.683. The standard InChI is InChI=1S/C13H18N2O4/c1-8-3-5-9(6-4-8)11(14)12(16)15-10(7-19-2)13(17)18/h3-6,10-11H,7,14H2,1-2H3,(H,15,16)(H,17,18). The van der Waals surface area contributed by atoms with Crippen molar-refractivity contribution in [2.45, 2.75) is 19.0 Å². The highest BCUT2D eigenvalue weighted by Gasteiger charge is 2.23. The summed E-state index contributed by atoms with van der Waals surface area (Å²) >= 11 is 0. The molecule has 2 unspecified atom stereocenters. The zero-order chi connectivity index (χ0) is 14.4. The van der Waals surface area contributed by atoms with Crippen molar-refractivity contribution < 1.29 is 19.4 Å². The minimum Gasteiger partial charge on any atom is -0.480 e. The molecule has 4 N–H and O–H groups in total. The molecule has 1 aromatic carbocycles. The van der Waals surface area contributed by atoms with Crippen LogP contribution in [-0.2, 0) is 14.3 Å². The molecule has 0 aliphatic heterocycles. The minimum atomic E-state index is -1.16. The van der Waals surface area contributed by atoms with E-state index in [-0.39, 0.29) is 6.61 Å². The molecular formula is C13H18N2O4. The normalized spacial score (nSPS) is 13.6. The lowest BCUT2D eigenvalue weighted by molar-refractivity contribution is -0.143. The van der Waals surface area contributed by atoms with E-state index in [2.05, 4.69) is 5.32 Å². The van der Waals surface area contributed by atoms with Crippen LogP contribution in [0.15, 0.2) is 24.3 Å². The average Bonchev–Trinajstić information content (AvgIpc) is 2.38. The third-order valence-electron chi connectivity index (χ3n) is 2.67. The van der Waals surface area contributed by atoms with Crippen LogP contribution in [0.2, 0.25) is 0 Å². The fourth-order valence-corrected chi connectivity index (χ4v) is 1.53. The lowest BCUT2D eigenvalue weighted by atomic mass is 10.1. The Labute approximate surface area is 111 Å². The van der Waals surface area contributed by atoms with E-state index in [0.717, 1.165) is 5.56 Å². The molecule has 19 heavy (non-hydrogen) atoms. The van der Waals surface area contributed by atoms with Crippen molar-refractivity contribution in [3.05, 3.63) is 35.4 Å². The van der Waals surface area contributed by atoms with Crippen molar-refractivity contribution in [2.24, 2.45) is 5.73 Å². The molecular weight excluding hydrogens is 248 g/mol. The lowest BCUT2D eigenvalue weighted by Crippen LogP contribution is -2.47. The van der Waals surface area contributed by atoms with Gasteiger partial charge in [0.2, 0.25) is 5.91 Å². The van der Waals surface area contributed by atoms with Crippen molar-refractivity contribution in [1.82, 2.24) is 5.32 Å². The molecule has 0 fully saturated rings. The fourth-order valence-electron chi connectivity index (χ4n) is 1.53. The first-order valence-electron chi connectivity index (χ1n) is 5.80. The second-order valence-corrected chi connectivity index (χ2v) is 4.24. The average molecular weight is 266 g/mol. The number of hydrogen-bond acceptors (Lipinski definition) is 4. The number of hydrogen-bond donors (Lipinski definition) is 3. The molecule has 6 nitrogen and oxygen atoms in total. The van der Waals surface area contributed by atoms with Crippen LogP contribution in [0.4, 0.5) is 0 Å². The number of aliphatic carboxylic acids is 1. The zero-order valence-electron chi connectivity index (χ0n) is 10.9. The van der Waals surface area contributed by atoms with Crippen LogP contribution >= 0.6 is 0 Å². The Hall–Kier alpha value is -1.92. The van der Waals surface area contributed by atoms with Gasteiger partial charge in [-0.1, -0.05) is 29.8 Å². The van der Waals surface area contributed by atoms with Gasteiger partial charge in [-0.15, -0.1) is 0 Å². The second kappa shape index (κ2) is 6.86. The van der Waals surface area contributed by atoms with E-state index in [9.17, 15) is 9.59 Å². The van der Waals surface area contributed by atoms with E-state index in [1.807, 2.05) is 19.1 Å². The summed E-state index contributed by atoms with van der Waals surface area (Å²) in [5, 5.41) is 11.2. The molecule has 0 spiro atoms. The highest BCUT2D eigenvalue weighted by molar-refractivity contribution is 5.87. The maximum absolute atomic E-state index is 11.9. The SMILES string of the molecule is COCC(NC(=O)C(N)c1ccc(C)cc1)C(=O)O. The number of nitrogens with two attached hydrogens (primary N) is 1. The molecule has 0 aromatic heterocycles. The van der Waals surface area contributed by atoms with Crippen molar-refractivity contribution >= 4 is 11.9 Å². The number of aryl methyl sites for hydroxylation is 1. The van der Waals surface area contributed by atoms with Crippen LogP contribution in [-0.4, -0.2) is 36.7 Å². The molecule has 1 rings (SSSR count). The van der Waals surface area contributed by atoms with E-state index >= 15 is 0 Å². The molecule has 2 atom stereocenters. The largest absolute Gasteiger partial charge is 0.480 e. The van der Waals surface area contributed by atoms with Gasteiger partial charge in [0.15, 0.2) is 6.04 Å². The Morgan fingerprint density at radius 3 is 2.42 bits per heavy atom. The van der Waals surface area contributed by atoms with E-state index < -0.39 is 24.0 Å². The number of amides is 1. The van der Waals surface area contributed by atoms with Gasteiger partial charge in [-0.25, -0.2) is 4.79 Å². The molecule has 0 radical (unpaired) electrons. The van der Waals surface area contributed by atoms with Gasteiger partial charge in [0.05, 0.1) is 6.61 Å². The maximum Gasteiger partial charge on any atom is 0.328 e. The summed E-state index contributed by atoms with van der Waals surface area (Å²) < 4.78 is 4.73. The molecule has 0 aliphatic rings. The number of ether oxygens (including phenoxy) is 1. The van der Waals surface area contributed by atoms with Crippen LogP contribution < -0.4 is 11.1 Å². The number of carboxylic acids is 1. The summed E-state index contributed by atoms with van der Waals surface area (Å²) in [5.74, 6) is -1.71. The molecule has 6 heteroatoms. The van der Waals surface area contributed by atoms with Gasteiger partial charge in [-0.3, -0.25) is 4.79 Å². The first-order valence-corrected chi connectivity index (χ1v) is 5.80. The van der Waals surface area contributed by atoms with Crippen molar-refractivity contribution in [3.63, 3.8) is 0 Å². The number of benzene rings is 1. The van der Waals surface area contributed by atoms with Crippen LogP contribution in [0.3, 0.4) is 0 Å². The van der Waals surface area contributed by atoms with Crippen LogP contribution in [0.1, 0.15) is 17.2 Å². The highest BCUT2D eigenvalue weighted by atomic mass is 16.5. The first kappa shape index (κ1) is 15.1. The van der Waals surface area contributed by atoms with Gasteiger partial charge in [-0.2, -0.15) is 0 Å². The summed E-state index contributed by atoms with van der Waals surface area (Å²) in [6.45, 7) is 1.82. The minimum absolute atomic E-state index is 0.109. The monoisotopic (exact) mass is 266 g/mol. The number of carboxylic acid groups (broad SMARTS) is 1. The Morgan fingerprint density at radius 2 is 1.95 bits per heavy atom. The molecule has 1 amide bonds. The van der Waals surface area contributed by atoms with E-state index in [4.69, 9.17) is 15.6 Å². The highest BCUT2D eigenvalue weighted by Crippen LogP contribution is 2.11. The Balaban J connectivity index is 2.71.